The molecule has 1 amide bonds. The molecule has 0 N–H and O–H groups in total. The van der Waals surface area contributed by atoms with Gasteiger partial charge in [0.05, 0.1) is 24.2 Å². The van der Waals surface area contributed by atoms with Crippen LogP contribution in [-0.2, 0) is 22.5 Å². The van der Waals surface area contributed by atoms with Crippen molar-refractivity contribution in [2.75, 3.05) is 13.7 Å². The van der Waals surface area contributed by atoms with Gasteiger partial charge in [0, 0.05) is 13.1 Å². The summed E-state index contributed by atoms with van der Waals surface area (Å²) in [7, 11) is 1.27. The van der Waals surface area contributed by atoms with Crippen molar-refractivity contribution in [2.24, 2.45) is 0 Å². The number of carbonyl (C=O) groups is 2. The summed E-state index contributed by atoms with van der Waals surface area (Å²) in [4.78, 5) is 30.6. The van der Waals surface area contributed by atoms with Crippen molar-refractivity contribution < 1.29 is 23.1 Å². The van der Waals surface area contributed by atoms with Gasteiger partial charge in [0.1, 0.15) is 4.88 Å². The molecule has 1 heterocycles. The van der Waals surface area contributed by atoms with Gasteiger partial charge in [0.25, 0.3) is 5.91 Å². The van der Waals surface area contributed by atoms with Crippen LogP contribution in [-0.4, -0.2) is 35.4 Å². The Hall–Kier alpha value is -2.35. The van der Waals surface area contributed by atoms with Crippen molar-refractivity contribution in [3.63, 3.8) is 0 Å². The van der Waals surface area contributed by atoms with E-state index in [2.05, 4.69) is 9.72 Å². The first-order valence-corrected chi connectivity index (χ1v) is 8.93. The number of benzene rings is 1. The second-order valence-corrected chi connectivity index (χ2v) is 6.76. The first-order valence-electron chi connectivity index (χ1n) is 8.12. The molecule has 0 bridgehead atoms. The second-order valence-electron chi connectivity index (χ2n) is 5.68. The van der Waals surface area contributed by atoms with Crippen LogP contribution in [0.4, 0.5) is 8.78 Å². The average molecular weight is 382 g/mol. The number of esters is 1. The predicted octanol–water partition coefficient (Wildman–Crippen LogP) is 3.50. The van der Waals surface area contributed by atoms with Crippen molar-refractivity contribution in [1.82, 2.24) is 9.88 Å². The molecule has 0 aliphatic carbocycles. The SMILES string of the molecule is CCc1nc(C)c(C(=O)N(CCC(=O)OC)Cc2ccc(F)c(F)c2)s1. The number of carbonyl (C=O) groups excluding carboxylic acids is 2. The molecule has 140 valence electrons. The number of methoxy groups -OCH3 is 1. The van der Waals surface area contributed by atoms with Crippen LogP contribution in [0.25, 0.3) is 0 Å². The van der Waals surface area contributed by atoms with E-state index in [0.29, 0.717) is 22.6 Å². The van der Waals surface area contributed by atoms with E-state index in [4.69, 9.17) is 0 Å². The Morgan fingerprint density at radius 2 is 2.00 bits per heavy atom. The van der Waals surface area contributed by atoms with Crippen molar-refractivity contribution in [1.29, 1.82) is 0 Å². The minimum Gasteiger partial charge on any atom is -0.469 e. The smallest absolute Gasteiger partial charge is 0.307 e. The van der Waals surface area contributed by atoms with E-state index in [1.165, 1.54) is 29.4 Å². The van der Waals surface area contributed by atoms with E-state index >= 15 is 0 Å². The van der Waals surface area contributed by atoms with Crippen molar-refractivity contribution in [3.05, 3.63) is 51.0 Å². The van der Waals surface area contributed by atoms with Crippen LogP contribution >= 0.6 is 11.3 Å². The summed E-state index contributed by atoms with van der Waals surface area (Å²) in [5, 5.41) is 0.839. The third kappa shape index (κ3) is 4.85. The fraction of sp³-hybridized carbons (Fsp3) is 0.389. The zero-order valence-electron chi connectivity index (χ0n) is 14.8. The van der Waals surface area contributed by atoms with Crippen LogP contribution in [0.5, 0.6) is 0 Å². The van der Waals surface area contributed by atoms with Gasteiger partial charge in [0.2, 0.25) is 0 Å². The molecule has 2 aromatic rings. The highest BCUT2D eigenvalue weighted by molar-refractivity contribution is 7.13. The van der Waals surface area contributed by atoms with Crippen LogP contribution in [0, 0.1) is 18.6 Å². The summed E-state index contributed by atoms with van der Waals surface area (Å²) in [6, 6.07) is 3.47. The zero-order chi connectivity index (χ0) is 19.3. The molecule has 26 heavy (non-hydrogen) atoms. The number of nitrogens with zero attached hydrogens (tertiary/aromatic N) is 2. The summed E-state index contributed by atoms with van der Waals surface area (Å²) in [6.07, 6.45) is 0.717. The van der Waals surface area contributed by atoms with Gasteiger partial charge in [-0.2, -0.15) is 0 Å². The van der Waals surface area contributed by atoms with Crippen LogP contribution in [0.2, 0.25) is 0 Å². The van der Waals surface area contributed by atoms with E-state index in [0.717, 1.165) is 17.1 Å². The molecule has 0 aliphatic heterocycles. The molecule has 2 rings (SSSR count). The number of thiazole rings is 1. The lowest BCUT2D eigenvalue weighted by atomic mass is 10.2. The summed E-state index contributed by atoms with van der Waals surface area (Å²) >= 11 is 1.30. The lowest BCUT2D eigenvalue weighted by Gasteiger charge is -2.22. The lowest BCUT2D eigenvalue weighted by molar-refractivity contribution is -0.140. The van der Waals surface area contributed by atoms with Gasteiger partial charge in [-0.1, -0.05) is 13.0 Å². The highest BCUT2D eigenvalue weighted by Crippen LogP contribution is 2.22. The van der Waals surface area contributed by atoms with E-state index in [-0.39, 0.29) is 25.4 Å². The predicted molar refractivity (Wildman–Crippen MR) is 94.0 cm³/mol. The molecular formula is C18H20F2N2O3S. The molecule has 0 radical (unpaired) electrons. The molecule has 0 saturated heterocycles. The van der Waals surface area contributed by atoms with Crippen LogP contribution in [0.15, 0.2) is 18.2 Å². The molecule has 1 aromatic heterocycles. The number of halogens is 2. The van der Waals surface area contributed by atoms with E-state index in [1.807, 2.05) is 6.92 Å². The maximum atomic E-state index is 13.5. The van der Waals surface area contributed by atoms with Crippen molar-refractivity contribution >= 4 is 23.2 Å². The normalized spacial score (nSPS) is 10.7. The molecule has 0 spiro atoms. The van der Waals surface area contributed by atoms with Crippen molar-refractivity contribution in [3.8, 4) is 0 Å². The lowest BCUT2D eigenvalue weighted by Crippen LogP contribution is -2.32. The topological polar surface area (TPSA) is 59.5 Å². The number of hydrogen-bond acceptors (Lipinski definition) is 5. The Labute approximate surface area is 154 Å². The van der Waals surface area contributed by atoms with Gasteiger partial charge in [-0.05, 0) is 31.0 Å². The maximum Gasteiger partial charge on any atom is 0.307 e. The Balaban J connectivity index is 2.26. The number of rotatable bonds is 7. The van der Waals surface area contributed by atoms with Crippen LogP contribution in [0.1, 0.15) is 39.3 Å². The largest absolute Gasteiger partial charge is 0.469 e. The van der Waals surface area contributed by atoms with Gasteiger partial charge in [-0.25, -0.2) is 13.8 Å². The maximum absolute atomic E-state index is 13.5. The van der Waals surface area contributed by atoms with Crippen LogP contribution in [0.3, 0.4) is 0 Å². The third-order valence-corrected chi connectivity index (χ3v) is 5.09. The molecule has 0 fully saturated rings. The summed E-state index contributed by atoms with van der Waals surface area (Å²) < 4.78 is 31.2. The molecule has 8 heteroatoms. The number of ether oxygens (including phenoxy) is 1. The fourth-order valence-corrected chi connectivity index (χ4v) is 3.36. The molecule has 0 aliphatic rings. The number of aryl methyl sites for hydroxylation is 2. The summed E-state index contributed by atoms with van der Waals surface area (Å²) in [6.45, 7) is 3.84. The number of amides is 1. The summed E-state index contributed by atoms with van der Waals surface area (Å²) in [5.74, 6) is -2.69. The quantitative estimate of drug-likeness (QED) is 0.688. The van der Waals surface area contributed by atoms with E-state index < -0.39 is 17.6 Å². The van der Waals surface area contributed by atoms with Gasteiger partial charge in [0.15, 0.2) is 11.6 Å². The van der Waals surface area contributed by atoms with Gasteiger partial charge in [-0.15, -0.1) is 11.3 Å². The highest BCUT2D eigenvalue weighted by atomic mass is 32.1. The van der Waals surface area contributed by atoms with Crippen molar-refractivity contribution in [2.45, 2.75) is 33.2 Å². The standard InChI is InChI=1S/C18H20F2N2O3S/c1-4-15-21-11(2)17(26-15)18(24)22(8-7-16(23)25-3)10-12-5-6-13(19)14(20)9-12/h5-6,9H,4,7-8,10H2,1-3H3. The molecule has 5 nitrogen and oxygen atoms in total. The first kappa shape index (κ1) is 20.0. The molecule has 1 aromatic carbocycles. The zero-order valence-corrected chi connectivity index (χ0v) is 15.7. The highest BCUT2D eigenvalue weighted by Gasteiger charge is 2.22. The van der Waals surface area contributed by atoms with E-state index in [1.54, 1.807) is 6.92 Å². The molecular weight excluding hydrogens is 362 g/mol. The monoisotopic (exact) mass is 382 g/mol. The Morgan fingerprint density at radius 3 is 2.58 bits per heavy atom. The number of aromatic nitrogens is 1. The minimum atomic E-state index is -0.981. The van der Waals surface area contributed by atoms with Crippen LogP contribution < -0.4 is 0 Å². The Kier molecular flexibility index (Phi) is 6.79. The molecule has 0 unspecified atom stereocenters. The van der Waals surface area contributed by atoms with Gasteiger partial charge < -0.3 is 9.64 Å². The van der Waals surface area contributed by atoms with Gasteiger partial charge >= 0.3 is 5.97 Å². The molecule has 0 saturated carbocycles. The average Bonchev–Trinajstić information content (AvgIpc) is 3.01. The van der Waals surface area contributed by atoms with E-state index in [9.17, 15) is 18.4 Å². The Bertz CT molecular complexity index is 808. The summed E-state index contributed by atoms with van der Waals surface area (Å²) in [5.41, 5.74) is 1.05. The molecule has 0 atom stereocenters. The third-order valence-electron chi connectivity index (χ3n) is 3.80. The fourth-order valence-electron chi connectivity index (χ4n) is 2.38. The minimum absolute atomic E-state index is 0.00437. The number of hydrogen-bond donors (Lipinski definition) is 0. The van der Waals surface area contributed by atoms with Gasteiger partial charge in [-0.3, -0.25) is 9.59 Å². The second kappa shape index (κ2) is 8.84. The first-order chi connectivity index (χ1) is 12.3. The Morgan fingerprint density at radius 1 is 1.27 bits per heavy atom.